The van der Waals surface area contributed by atoms with Crippen LogP contribution in [-0.4, -0.2) is 17.2 Å². The Balaban J connectivity index is 2.09. The van der Waals surface area contributed by atoms with Gasteiger partial charge >= 0.3 is 0 Å². The third-order valence-corrected chi connectivity index (χ3v) is 4.07. The van der Waals surface area contributed by atoms with E-state index in [0.717, 1.165) is 6.42 Å². The molecule has 1 heterocycles. The fourth-order valence-electron chi connectivity index (χ4n) is 3.16. The number of rotatable bonds is 3. The molecule has 1 aromatic carbocycles. The average molecular weight is 261 g/mol. The Morgan fingerprint density at radius 2 is 1.95 bits per heavy atom. The Kier molecular flexibility index (Phi) is 3.76. The van der Waals surface area contributed by atoms with Crippen LogP contribution in [0.5, 0.6) is 0 Å². The van der Waals surface area contributed by atoms with Gasteiger partial charge in [0.2, 0.25) is 0 Å². The van der Waals surface area contributed by atoms with Gasteiger partial charge in [-0.25, -0.2) is 0 Å². The smallest absolute Gasteiger partial charge is 0.0787 e. The molecule has 106 valence electrons. The Morgan fingerprint density at radius 3 is 2.47 bits per heavy atom. The summed E-state index contributed by atoms with van der Waals surface area (Å²) in [5.41, 5.74) is 2.52. The van der Waals surface area contributed by atoms with Gasteiger partial charge in [0.25, 0.3) is 0 Å². The van der Waals surface area contributed by atoms with E-state index in [1.165, 1.54) is 11.1 Å². The summed E-state index contributed by atoms with van der Waals surface area (Å²) in [6.07, 6.45) is 1.05. The lowest BCUT2D eigenvalue weighted by atomic mass is 9.93. The molecule has 0 aromatic heterocycles. The molecule has 2 nitrogen and oxygen atoms in total. The van der Waals surface area contributed by atoms with Crippen LogP contribution in [-0.2, 0) is 4.74 Å². The molecule has 1 aliphatic rings. The number of aryl methyl sites for hydroxylation is 1. The van der Waals surface area contributed by atoms with Crippen LogP contribution in [0.2, 0.25) is 0 Å². The van der Waals surface area contributed by atoms with Crippen molar-refractivity contribution in [1.82, 2.24) is 5.32 Å². The maximum atomic E-state index is 6.15. The van der Waals surface area contributed by atoms with E-state index in [2.05, 4.69) is 71.1 Å². The van der Waals surface area contributed by atoms with Crippen molar-refractivity contribution < 1.29 is 4.74 Å². The van der Waals surface area contributed by atoms with E-state index < -0.39 is 0 Å². The first-order valence-corrected chi connectivity index (χ1v) is 7.22. The molecule has 0 bridgehead atoms. The van der Waals surface area contributed by atoms with Gasteiger partial charge in [-0.3, -0.25) is 0 Å². The van der Waals surface area contributed by atoms with Crippen molar-refractivity contribution in [2.24, 2.45) is 0 Å². The highest BCUT2D eigenvalue weighted by Gasteiger charge is 2.46. The highest BCUT2D eigenvalue weighted by molar-refractivity contribution is 5.25. The molecule has 1 aromatic rings. The largest absolute Gasteiger partial charge is 0.368 e. The minimum atomic E-state index is -0.110. The lowest BCUT2D eigenvalue weighted by Gasteiger charge is -2.30. The summed E-state index contributed by atoms with van der Waals surface area (Å²) in [4.78, 5) is 0. The van der Waals surface area contributed by atoms with E-state index in [0.29, 0.717) is 12.1 Å². The summed E-state index contributed by atoms with van der Waals surface area (Å²) in [5.74, 6) is 0. The van der Waals surface area contributed by atoms with Crippen molar-refractivity contribution in [2.45, 2.75) is 71.2 Å². The quantitative estimate of drug-likeness (QED) is 0.888. The molecular formula is C17H27NO. The molecule has 0 amide bonds. The molecule has 0 spiro atoms. The molecular weight excluding hydrogens is 234 g/mol. The molecule has 1 unspecified atom stereocenters. The summed E-state index contributed by atoms with van der Waals surface area (Å²) in [7, 11) is 0. The topological polar surface area (TPSA) is 21.3 Å². The molecule has 2 rings (SSSR count). The second-order valence-electron chi connectivity index (χ2n) is 7.02. The molecule has 2 atom stereocenters. The van der Waals surface area contributed by atoms with Crippen molar-refractivity contribution in [2.75, 3.05) is 0 Å². The second kappa shape index (κ2) is 4.92. The second-order valence-corrected chi connectivity index (χ2v) is 7.02. The van der Waals surface area contributed by atoms with E-state index in [9.17, 15) is 0 Å². The van der Waals surface area contributed by atoms with Gasteiger partial charge in [-0.15, -0.1) is 0 Å². The van der Waals surface area contributed by atoms with Gasteiger partial charge < -0.3 is 10.1 Å². The standard InChI is InChI=1S/C17H27NO/c1-12-8-7-9-14(10-12)13(2)18-15-11-16(3,4)19-17(15,5)6/h7-10,13,15,18H,11H2,1-6H3/t13-,15?/m0/s1. The predicted octanol–water partition coefficient (Wildman–Crippen LogP) is 3.99. The lowest BCUT2D eigenvalue weighted by molar-refractivity contribution is -0.0703. The Labute approximate surface area is 117 Å². The molecule has 1 saturated heterocycles. The molecule has 0 aliphatic carbocycles. The molecule has 1 N–H and O–H groups in total. The van der Waals surface area contributed by atoms with Crippen LogP contribution in [0, 0.1) is 6.92 Å². The van der Waals surface area contributed by atoms with Crippen LogP contribution in [0.3, 0.4) is 0 Å². The van der Waals surface area contributed by atoms with Crippen LogP contribution in [0.1, 0.15) is 58.2 Å². The van der Waals surface area contributed by atoms with Crippen LogP contribution in [0.25, 0.3) is 0 Å². The fourth-order valence-corrected chi connectivity index (χ4v) is 3.16. The third-order valence-electron chi connectivity index (χ3n) is 4.07. The zero-order valence-electron chi connectivity index (χ0n) is 13.1. The first kappa shape index (κ1) is 14.5. The number of hydrogen-bond acceptors (Lipinski definition) is 2. The highest BCUT2D eigenvalue weighted by Crippen LogP contribution is 2.38. The number of hydrogen-bond donors (Lipinski definition) is 1. The number of benzene rings is 1. The van der Waals surface area contributed by atoms with Gasteiger partial charge in [0.15, 0.2) is 0 Å². The van der Waals surface area contributed by atoms with E-state index in [4.69, 9.17) is 4.74 Å². The summed E-state index contributed by atoms with van der Waals surface area (Å²) >= 11 is 0. The fraction of sp³-hybridized carbons (Fsp3) is 0.647. The van der Waals surface area contributed by atoms with E-state index >= 15 is 0 Å². The number of nitrogens with one attached hydrogen (secondary N) is 1. The van der Waals surface area contributed by atoms with Crippen molar-refractivity contribution in [3.63, 3.8) is 0 Å². The van der Waals surface area contributed by atoms with Crippen molar-refractivity contribution in [3.8, 4) is 0 Å². The van der Waals surface area contributed by atoms with Gasteiger partial charge in [0.1, 0.15) is 0 Å². The minimum absolute atomic E-state index is 0.0342. The van der Waals surface area contributed by atoms with Gasteiger partial charge in [-0.2, -0.15) is 0 Å². The Morgan fingerprint density at radius 1 is 1.26 bits per heavy atom. The predicted molar refractivity (Wildman–Crippen MR) is 80.4 cm³/mol. The first-order chi connectivity index (χ1) is 8.70. The van der Waals surface area contributed by atoms with Crippen LogP contribution in [0.15, 0.2) is 24.3 Å². The van der Waals surface area contributed by atoms with Gasteiger partial charge in [-0.05, 0) is 53.5 Å². The van der Waals surface area contributed by atoms with Crippen LogP contribution >= 0.6 is 0 Å². The van der Waals surface area contributed by atoms with E-state index in [1.54, 1.807) is 0 Å². The van der Waals surface area contributed by atoms with Crippen molar-refractivity contribution in [3.05, 3.63) is 35.4 Å². The summed E-state index contributed by atoms with van der Waals surface area (Å²) in [5, 5.41) is 3.74. The normalized spacial score (nSPS) is 26.3. The average Bonchev–Trinajstić information content (AvgIpc) is 2.46. The monoisotopic (exact) mass is 261 g/mol. The maximum absolute atomic E-state index is 6.15. The highest BCUT2D eigenvalue weighted by atomic mass is 16.5. The molecule has 19 heavy (non-hydrogen) atoms. The molecule has 1 fully saturated rings. The molecule has 2 heteroatoms. The maximum Gasteiger partial charge on any atom is 0.0787 e. The summed E-state index contributed by atoms with van der Waals surface area (Å²) < 4.78 is 6.15. The van der Waals surface area contributed by atoms with Crippen molar-refractivity contribution in [1.29, 1.82) is 0 Å². The summed E-state index contributed by atoms with van der Waals surface area (Å²) in [6, 6.07) is 9.45. The Hall–Kier alpha value is -0.860. The third kappa shape index (κ3) is 3.37. The van der Waals surface area contributed by atoms with Crippen molar-refractivity contribution >= 4 is 0 Å². The van der Waals surface area contributed by atoms with Gasteiger partial charge in [0.05, 0.1) is 11.2 Å². The summed E-state index contributed by atoms with van der Waals surface area (Å²) in [6.45, 7) is 13.1. The molecule has 0 saturated carbocycles. The van der Waals surface area contributed by atoms with E-state index in [1.807, 2.05) is 0 Å². The zero-order chi connectivity index (χ0) is 14.3. The van der Waals surface area contributed by atoms with Gasteiger partial charge in [-0.1, -0.05) is 29.8 Å². The van der Waals surface area contributed by atoms with Crippen LogP contribution < -0.4 is 5.32 Å². The SMILES string of the molecule is Cc1cccc([C@H](C)NC2CC(C)(C)OC2(C)C)c1. The Bertz CT molecular complexity index is 450. The molecule has 1 aliphatic heterocycles. The van der Waals surface area contributed by atoms with Gasteiger partial charge in [0, 0.05) is 12.1 Å². The van der Waals surface area contributed by atoms with E-state index in [-0.39, 0.29) is 11.2 Å². The van der Waals surface area contributed by atoms with Crippen LogP contribution in [0.4, 0.5) is 0 Å². The zero-order valence-corrected chi connectivity index (χ0v) is 13.1. The number of ether oxygens (including phenoxy) is 1. The molecule has 0 radical (unpaired) electrons. The first-order valence-electron chi connectivity index (χ1n) is 7.22. The minimum Gasteiger partial charge on any atom is -0.368 e. The lowest BCUT2D eigenvalue weighted by Crippen LogP contribution is -2.44.